The van der Waals surface area contributed by atoms with Crippen LogP contribution in [0.3, 0.4) is 0 Å². The number of ketones is 1. The monoisotopic (exact) mass is 509 g/mol. The number of aromatic nitrogens is 6. The van der Waals surface area contributed by atoms with Crippen molar-refractivity contribution in [3.8, 4) is 5.75 Å². The van der Waals surface area contributed by atoms with Gasteiger partial charge in [-0.25, -0.2) is 9.07 Å². The number of rotatable bonds is 12. The fourth-order valence-electron chi connectivity index (χ4n) is 3.11. The third-order valence-corrected chi connectivity index (χ3v) is 4.82. The highest BCUT2D eigenvalue weighted by Crippen LogP contribution is 2.19. The molecule has 192 valence electrons. The number of nitrogens with zero attached hydrogens (tertiary/aromatic N) is 6. The number of hydrogen-bond acceptors (Lipinski definition) is 8. The Labute approximate surface area is 203 Å². The molecule has 3 aromatic rings. The van der Waals surface area contributed by atoms with Gasteiger partial charge in [0.25, 0.3) is 5.91 Å². The van der Waals surface area contributed by atoms with Crippen molar-refractivity contribution < 1.29 is 31.9 Å². The lowest BCUT2D eigenvalue weighted by Gasteiger charge is -2.09. The van der Waals surface area contributed by atoms with E-state index in [1.165, 1.54) is 36.3 Å². The molecule has 3 aromatic heterocycles. The topological polar surface area (TPSA) is 125 Å². The van der Waals surface area contributed by atoms with E-state index in [1.54, 1.807) is 12.1 Å². The SMILES string of the molecule is CNC(=O)c1cn(CC(F)CCc2ccc(CC(=O)Cc3cc(OCC(F)(F)F)ccn3)nn2)nn1. The van der Waals surface area contributed by atoms with Crippen LogP contribution in [0.25, 0.3) is 0 Å². The average molecular weight is 509 g/mol. The first-order valence-electron chi connectivity index (χ1n) is 10.8. The van der Waals surface area contributed by atoms with Crippen molar-refractivity contribution >= 4 is 11.7 Å². The highest BCUT2D eigenvalue weighted by Gasteiger charge is 2.28. The summed E-state index contributed by atoms with van der Waals surface area (Å²) in [5.74, 6) is -0.702. The Bertz CT molecular complexity index is 1170. The van der Waals surface area contributed by atoms with Crippen LogP contribution in [0.1, 0.15) is 34.0 Å². The van der Waals surface area contributed by atoms with Gasteiger partial charge in [0.2, 0.25) is 0 Å². The number of carbonyl (C=O) groups excluding carboxylic acids is 2. The second kappa shape index (κ2) is 12.1. The first-order valence-corrected chi connectivity index (χ1v) is 10.8. The van der Waals surface area contributed by atoms with Crippen molar-refractivity contribution in [3.05, 3.63) is 59.4 Å². The standard InChI is InChI=1S/C22H23F4N7O3/c1-27-21(35)20-12-33(32-31-20)11-14(23)2-3-15-4-5-16(30-29-15)8-18(34)9-17-10-19(6-7-28-17)36-13-22(24,25)26/h4-7,10,12,14H,2-3,8-9,11,13H2,1H3,(H,27,35). The van der Waals surface area contributed by atoms with Gasteiger partial charge in [0.05, 0.1) is 36.2 Å². The molecule has 10 nitrogen and oxygen atoms in total. The van der Waals surface area contributed by atoms with Gasteiger partial charge in [0.15, 0.2) is 12.3 Å². The van der Waals surface area contributed by atoms with Crippen LogP contribution in [0.15, 0.2) is 36.7 Å². The van der Waals surface area contributed by atoms with E-state index in [0.717, 1.165) is 0 Å². The fourth-order valence-corrected chi connectivity index (χ4v) is 3.11. The molecule has 0 spiro atoms. The van der Waals surface area contributed by atoms with E-state index >= 15 is 0 Å². The Morgan fingerprint density at radius 1 is 1.08 bits per heavy atom. The van der Waals surface area contributed by atoms with Crippen molar-refractivity contribution in [3.63, 3.8) is 0 Å². The summed E-state index contributed by atoms with van der Waals surface area (Å²) in [6, 6.07) is 5.81. The molecular formula is C22H23F4N7O3. The first-order chi connectivity index (χ1) is 17.1. The molecule has 1 N–H and O–H groups in total. The molecule has 0 bridgehead atoms. The van der Waals surface area contributed by atoms with E-state index < -0.39 is 24.9 Å². The maximum Gasteiger partial charge on any atom is 0.422 e. The summed E-state index contributed by atoms with van der Waals surface area (Å²) in [5, 5.41) is 17.8. The summed E-state index contributed by atoms with van der Waals surface area (Å²) < 4.78 is 57.1. The quantitative estimate of drug-likeness (QED) is 0.368. The van der Waals surface area contributed by atoms with Crippen LogP contribution in [-0.2, 0) is 30.6 Å². The zero-order valence-corrected chi connectivity index (χ0v) is 19.2. The molecule has 14 heteroatoms. The normalized spacial score (nSPS) is 12.2. The highest BCUT2D eigenvalue weighted by molar-refractivity contribution is 5.91. The molecule has 1 atom stereocenters. The number of hydrogen-bond donors (Lipinski definition) is 1. The number of carbonyl (C=O) groups is 2. The van der Waals surface area contributed by atoms with Crippen molar-refractivity contribution in [2.24, 2.45) is 0 Å². The molecule has 36 heavy (non-hydrogen) atoms. The summed E-state index contributed by atoms with van der Waals surface area (Å²) >= 11 is 0. The molecule has 1 amide bonds. The average Bonchev–Trinajstić information content (AvgIpc) is 3.30. The Balaban J connectivity index is 1.44. The molecule has 3 rings (SSSR count). The number of alkyl halides is 4. The summed E-state index contributed by atoms with van der Waals surface area (Å²) in [6.07, 6.45) is -2.81. The second-order valence-electron chi connectivity index (χ2n) is 7.84. The molecule has 0 aliphatic heterocycles. The summed E-state index contributed by atoms with van der Waals surface area (Å²) in [6.45, 7) is -1.50. The molecular weight excluding hydrogens is 486 g/mol. The third-order valence-electron chi connectivity index (χ3n) is 4.82. The van der Waals surface area contributed by atoms with Crippen LogP contribution >= 0.6 is 0 Å². The number of ether oxygens (including phenoxy) is 1. The Kier molecular flexibility index (Phi) is 8.97. The van der Waals surface area contributed by atoms with Crippen LogP contribution in [0.4, 0.5) is 17.6 Å². The number of Topliss-reactive ketones (excluding diaryl/α,β-unsaturated/α-hetero) is 1. The Morgan fingerprint density at radius 3 is 2.50 bits per heavy atom. The highest BCUT2D eigenvalue weighted by atomic mass is 19.4. The van der Waals surface area contributed by atoms with Crippen molar-refractivity contribution in [2.75, 3.05) is 13.7 Å². The molecule has 0 aromatic carbocycles. The van der Waals surface area contributed by atoms with E-state index in [4.69, 9.17) is 0 Å². The lowest BCUT2D eigenvalue weighted by molar-refractivity contribution is -0.153. The number of halogens is 4. The largest absolute Gasteiger partial charge is 0.484 e. The number of nitrogens with one attached hydrogen (secondary N) is 1. The van der Waals surface area contributed by atoms with Gasteiger partial charge in [0, 0.05) is 25.7 Å². The molecule has 1 unspecified atom stereocenters. The third kappa shape index (κ3) is 8.67. The maximum absolute atomic E-state index is 14.3. The van der Waals surface area contributed by atoms with Crippen LogP contribution < -0.4 is 10.1 Å². The smallest absolute Gasteiger partial charge is 0.422 e. The van der Waals surface area contributed by atoms with Gasteiger partial charge in [0.1, 0.15) is 17.7 Å². The van der Waals surface area contributed by atoms with Gasteiger partial charge >= 0.3 is 6.18 Å². The predicted molar refractivity (Wildman–Crippen MR) is 117 cm³/mol. The number of pyridine rings is 1. The van der Waals surface area contributed by atoms with Crippen molar-refractivity contribution in [2.45, 2.75) is 44.6 Å². The molecule has 0 aliphatic carbocycles. The first kappa shape index (κ1) is 26.6. The molecule has 0 saturated carbocycles. The van der Waals surface area contributed by atoms with Gasteiger partial charge in [-0.05, 0) is 31.0 Å². The van der Waals surface area contributed by atoms with Crippen molar-refractivity contribution in [1.29, 1.82) is 0 Å². The minimum absolute atomic E-state index is 0.0313. The van der Waals surface area contributed by atoms with Crippen LogP contribution in [0, 0.1) is 0 Å². The second-order valence-corrected chi connectivity index (χ2v) is 7.84. The minimum atomic E-state index is -4.47. The van der Waals surface area contributed by atoms with Gasteiger partial charge < -0.3 is 10.1 Å². The Morgan fingerprint density at radius 2 is 1.81 bits per heavy atom. The van der Waals surface area contributed by atoms with Crippen molar-refractivity contribution in [1.82, 2.24) is 35.5 Å². The van der Waals surface area contributed by atoms with Gasteiger partial charge in [-0.15, -0.1) is 5.10 Å². The number of amides is 1. The Hall–Kier alpha value is -3.97. The predicted octanol–water partition coefficient (Wildman–Crippen LogP) is 2.09. The van der Waals surface area contributed by atoms with Gasteiger partial charge in [-0.2, -0.15) is 23.4 Å². The minimum Gasteiger partial charge on any atom is -0.484 e. The molecule has 0 fully saturated rings. The van der Waals surface area contributed by atoms with Crippen LogP contribution in [0.2, 0.25) is 0 Å². The van der Waals surface area contributed by atoms with E-state index in [2.05, 4.69) is 35.5 Å². The molecule has 3 heterocycles. The molecule has 0 radical (unpaired) electrons. The van der Waals surface area contributed by atoms with E-state index in [1.807, 2.05) is 0 Å². The summed E-state index contributed by atoms with van der Waals surface area (Å²) in [7, 11) is 1.46. The van der Waals surface area contributed by atoms with Crippen LogP contribution in [0.5, 0.6) is 5.75 Å². The number of aryl methyl sites for hydroxylation is 1. The fraction of sp³-hybridized carbons (Fsp3) is 0.409. The van der Waals surface area contributed by atoms with Crippen LogP contribution in [-0.4, -0.2) is 67.9 Å². The van der Waals surface area contributed by atoms with E-state index in [9.17, 15) is 27.2 Å². The lowest BCUT2D eigenvalue weighted by Crippen LogP contribution is -2.19. The zero-order valence-electron chi connectivity index (χ0n) is 19.2. The lowest BCUT2D eigenvalue weighted by atomic mass is 10.1. The molecule has 0 saturated heterocycles. The van der Waals surface area contributed by atoms with E-state index in [-0.39, 0.29) is 48.7 Å². The van der Waals surface area contributed by atoms with Gasteiger partial charge in [-0.3, -0.25) is 14.6 Å². The van der Waals surface area contributed by atoms with Gasteiger partial charge in [-0.1, -0.05) is 5.21 Å². The summed E-state index contributed by atoms with van der Waals surface area (Å²) in [5.41, 5.74) is 1.30. The summed E-state index contributed by atoms with van der Waals surface area (Å²) in [4.78, 5) is 27.8. The molecule has 0 aliphatic rings. The zero-order chi connectivity index (χ0) is 26.1. The maximum atomic E-state index is 14.3. The van der Waals surface area contributed by atoms with E-state index in [0.29, 0.717) is 17.8 Å².